The van der Waals surface area contributed by atoms with Crippen molar-refractivity contribution in [2.24, 2.45) is 0 Å². The molecule has 1 aromatic rings. The topological polar surface area (TPSA) is 47.0 Å². The molecule has 0 fully saturated rings. The molecule has 1 N–H and O–H groups in total. The van der Waals surface area contributed by atoms with Crippen molar-refractivity contribution >= 4 is 0 Å². The third-order valence-electron chi connectivity index (χ3n) is 2.15. The lowest BCUT2D eigenvalue weighted by Crippen LogP contribution is -2.23. The molecule has 1 rings (SSSR count). The summed E-state index contributed by atoms with van der Waals surface area (Å²) in [7, 11) is 0. The normalized spacial score (nSPS) is 12.7. The first-order chi connectivity index (χ1) is 7.38. The Morgan fingerprint density at radius 2 is 2.27 bits per heavy atom. The number of hydrogen-bond donors (Lipinski definition) is 1. The molecular formula is C11H19N3O. The highest BCUT2D eigenvalue weighted by Gasteiger charge is 2.10. The van der Waals surface area contributed by atoms with E-state index in [0.29, 0.717) is 0 Å². The van der Waals surface area contributed by atoms with Gasteiger partial charge in [0, 0.05) is 31.8 Å². The fraction of sp³-hybridized carbons (Fsp3) is 0.636. The first-order valence-electron chi connectivity index (χ1n) is 5.45. The van der Waals surface area contributed by atoms with Gasteiger partial charge in [0.1, 0.15) is 0 Å². The predicted molar refractivity (Wildman–Crippen MR) is 59.6 cm³/mol. The van der Waals surface area contributed by atoms with Gasteiger partial charge in [-0.1, -0.05) is 6.92 Å². The highest BCUT2D eigenvalue weighted by Crippen LogP contribution is 2.12. The van der Waals surface area contributed by atoms with Crippen molar-refractivity contribution in [1.29, 1.82) is 0 Å². The van der Waals surface area contributed by atoms with E-state index in [0.717, 1.165) is 31.9 Å². The van der Waals surface area contributed by atoms with Gasteiger partial charge in [0.15, 0.2) is 0 Å². The lowest BCUT2D eigenvalue weighted by molar-refractivity contribution is 0.136. The van der Waals surface area contributed by atoms with Crippen LogP contribution in [-0.2, 0) is 4.74 Å². The Bertz CT molecular complexity index is 253. The standard InChI is InChI=1S/C11H19N3O/c1-3-13-10(5-8-15-4-2)11-9-12-6-7-14-11/h6-7,9-10,13H,3-5,8H2,1-2H3. The predicted octanol–water partition coefficient (Wildman–Crippen LogP) is 1.55. The molecule has 4 heteroatoms. The zero-order chi connectivity index (χ0) is 10.9. The summed E-state index contributed by atoms with van der Waals surface area (Å²) >= 11 is 0. The van der Waals surface area contributed by atoms with Gasteiger partial charge in [-0.15, -0.1) is 0 Å². The van der Waals surface area contributed by atoms with E-state index in [9.17, 15) is 0 Å². The lowest BCUT2D eigenvalue weighted by Gasteiger charge is -2.16. The van der Waals surface area contributed by atoms with Crippen molar-refractivity contribution in [3.05, 3.63) is 24.3 Å². The molecule has 0 saturated carbocycles. The van der Waals surface area contributed by atoms with Crippen molar-refractivity contribution < 1.29 is 4.74 Å². The van der Waals surface area contributed by atoms with Crippen LogP contribution >= 0.6 is 0 Å². The van der Waals surface area contributed by atoms with E-state index in [4.69, 9.17) is 4.74 Å². The fourth-order valence-electron chi connectivity index (χ4n) is 1.44. The third-order valence-corrected chi connectivity index (χ3v) is 2.15. The van der Waals surface area contributed by atoms with Gasteiger partial charge in [-0.25, -0.2) is 0 Å². The maximum Gasteiger partial charge on any atom is 0.0756 e. The molecule has 1 heterocycles. The lowest BCUT2D eigenvalue weighted by atomic mass is 10.1. The van der Waals surface area contributed by atoms with Crippen LogP contribution in [0.2, 0.25) is 0 Å². The van der Waals surface area contributed by atoms with Crippen LogP contribution in [-0.4, -0.2) is 29.7 Å². The second-order valence-electron chi connectivity index (χ2n) is 3.23. The van der Waals surface area contributed by atoms with Crippen LogP contribution < -0.4 is 5.32 Å². The molecule has 84 valence electrons. The first-order valence-corrected chi connectivity index (χ1v) is 5.45. The molecule has 0 bridgehead atoms. The molecule has 0 aliphatic heterocycles. The Morgan fingerprint density at radius 1 is 1.40 bits per heavy atom. The van der Waals surface area contributed by atoms with Crippen LogP contribution in [0.5, 0.6) is 0 Å². The third kappa shape index (κ3) is 4.36. The minimum Gasteiger partial charge on any atom is -0.382 e. The Morgan fingerprint density at radius 3 is 2.87 bits per heavy atom. The van der Waals surface area contributed by atoms with E-state index in [2.05, 4.69) is 22.2 Å². The number of aromatic nitrogens is 2. The summed E-state index contributed by atoms with van der Waals surface area (Å²) in [5.41, 5.74) is 0.985. The summed E-state index contributed by atoms with van der Waals surface area (Å²) in [6, 6.07) is 0.246. The second kappa shape index (κ2) is 7.31. The summed E-state index contributed by atoms with van der Waals surface area (Å²) in [5, 5.41) is 3.38. The SMILES string of the molecule is CCNC(CCOCC)c1cnccn1. The van der Waals surface area contributed by atoms with Gasteiger partial charge < -0.3 is 10.1 Å². The van der Waals surface area contributed by atoms with Gasteiger partial charge in [0.05, 0.1) is 11.7 Å². The van der Waals surface area contributed by atoms with Gasteiger partial charge in [0.2, 0.25) is 0 Å². The minimum absolute atomic E-state index is 0.246. The second-order valence-corrected chi connectivity index (χ2v) is 3.23. The van der Waals surface area contributed by atoms with Crippen LogP contribution in [0.4, 0.5) is 0 Å². The minimum atomic E-state index is 0.246. The van der Waals surface area contributed by atoms with Crippen molar-refractivity contribution in [2.45, 2.75) is 26.3 Å². The molecule has 0 saturated heterocycles. The van der Waals surface area contributed by atoms with Crippen molar-refractivity contribution in [2.75, 3.05) is 19.8 Å². The molecule has 1 atom stereocenters. The molecule has 0 aliphatic rings. The molecule has 0 amide bonds. The van der Waals surface area contributed by atoms with E-state index in [1.807, 2.05) is 6.92 Å². The fourth-order valence-corrected chi connectivity index (χ4v) is 1.44. The smallest absolute Gasteiger partial charge is 0.0756 e. The maximum atomic E-state index is 5.34. The molecular weight excluding hydrogens is 190 g/mol. The largest absolute Gasteiger partial charge is 0.382 e. The Kier molecular flexibility index (Phi) is 5.88. The Balaban J connectivity index is 2.50. The maximum absolute atomic E-state index is 5.34. The van der Waals surface area contributed by atoms with Crippen molar-refractivity contribution in [3.8, 4) is 0 Å². The molecule has 0 spiro atoms. The number of nitrogens with zero attached hydrogens (tertiary/aromatic N) is 2. The van der Waals surface area contributed by atoms with E-state index in [1.165, 1.54) is 0 Å². The van der Waals surface area contributed by atoms with Gasteiger partial charge in [-0.2, -0.15) is 0 Å². The molecule has 0 aliphatic carbocycles. The molecule has 0 radical (unpaired) electrons. The average molecular weight is 209 g/mol. The number of ether oxygens (including phenoxy) is 1. The summed E-state index contributed by atoms with van der Waals surface area (Å²) in [6.07, 6.45) is 6.15. The van der Waals surface area contributed by atoms with Crippen molar-refractivity contribution in [1.82, 2.24) is 15.3 Å². The Labute approximate surface area is 91.1 Å². The van der Waals surface area contributed by atoms with Gasteiger partial charge in [0.25, 0.3) is 0 Å². The summed E-state index contributed by atoms with van der Waals surface area (Å²) in [4.78, 5) is 8.37. The molecule has 1 aromatic heterocycles. The molecule has 0 aromatic carbocycles. The molecule has 15 heavy (non-hydrogen) atoms. The van der Waals surface area contributed by atoms with Crippen LogP contribution in [0.25, 0.3) is 0 Å². The number of nitrogens with one attached hydrogen (secondary N) is 1. The van der Waals surface area contributed by atoms with Crippen LogP contribution in [0.1, 0.15) is 32.0 Å². The first kappa shape index (κ1) is 12.1. The van der Waals surface area contributed by atoms with E-state index in [1.54, 1.807) is 18.6 Å². The zero-order valence-electron chi connectivity index (χ0n) is 9.44. The van der Waals surface area contributed by atoms with E-state index in [-0.39, 0.29) is 6.04 Å². The van der Waals surface area contributed by atoms with Crippen LogP contribution in [0.3, 0.4) is 0 Å². The monoisotopic (exact) mass is 209 g/mol. The van der Waals surface area contributed by atoms with E-state index >= 15 is 0 Å². The Hall–Kier alpha value is -1.00. The highest BCUT2D eigenvalue weighted by atomic mass is 16.5. The number of rotatable bonds is 7. The van der Waals surface area contributed by atoms with E-state index < -0.39 is 0 Å². The summed E-state index contributed by atoms with van der Waals surface area (Å²) in [6.45, 7) is 6.53. The zero-order valence-corrected chi connectivity index (χ0v) is 9.44. The number of hydrogen-bond acceptors (Lipinski definition) is 4. The molecule has 1 unspecified atom stereocenters. The average Bonchev–Trinajstić information content (AvgIpc) is 2.29. The summed E-state index contributed by atoms with van der Waals surface area (Å²) in [5.74, 6) is 0. The molecule has 4 nitrogen and oxygen atoms in total. The van der Waals surface area contributed by atoms with Crippen molar-refractivity contribution in [3.63, 3.8) is 0 Å². The van der Waals surface area contributed by atoms with Gasteiger partial charge in [-0.05, 0) is 19.9 Å². The quantitative estimate of drug-likeness (QED) is 0.692. The highest BCUT2D eigenvalue weighted by molar-refractivity contribution is 5.01. The van der Waals surface area contributed by atoms with Gasteiger partial charge in [-0.3, -0.25) is 9.97 Å². The van der Waals surface area contributed by atoms with Crippen LogP contribution in [0.15, 0.2) is 18.6 Å². The van der Waals surface area contributed by atoms with Crippen LogP contribution in [0, 0.1) is 0 Å². The summed E-state index contributed by atoms with van der Waals surface area (Å²) < 4.78 is 5.34. The van der Waals surface area contributed by atoms with Gasteiger partial charge >= 0.3 is 0 Å².